The third-order valence-electron chi connectivity index (χ3n) is 2.11. The van der Waals surface area contributed by atoms with Crippen LogP contribution < -0.4 is 4.74 Å². The number of carboxylic acid groups (broad SMARTS) is 1. The molecule has 17 heavy (non-hydrogen) atoms. The van der Waals surface area contributed by atoms with Gasteiger partial charge in [-0.1, -0.05) is 27.7 Å². The molecule has 0 radical (unpaired) electrons. The van der Waals surface area contributed by atoms with Gasteiger partial charge >= 0.3 is 5.97 Å². The molecule has 0 aliphatic heterocycles. The third kappa shape index (κ3) is 3.76. The minimum absolute atomic E-state index is 0.131. The maximum Gasteiger partial charge on any atom is 0.342 e. The van der Waals surface area contributed by atoms with Crippen LogP contribution in [0.15, 0.2) is 6.20 Å². The van der Waals surface area contributed by atoms with Gasteiger partial charge in [0.2, 0.25) is 5.88 Å². The molecule has 0 aliphatic rings. The van der Waals surface area contributed by atoms with Crippen LogP contribution in [0.2, 0.25) is 0 Å². The molecule has 96 valence electrons. The van der Waals surface area contributed by atoms with Gasteiger partial charge in [0.05, 0.1) is 12.8 Å². The molecule has 0 aliphatic carbocycles. The number of carbonyl (C=O) groups is 1. The van der Waals surface area contributed by atoms with Crippen molar-refractivity contribution in [3.8, 4) is 5.88 Å². The molecular weight excluding hydrogens is 220 g/mol. The van der Waals surface area contributed by atoms with Gasteiger partial charge in [0.25, 0.3) is 0 Å². The predicted octanol–water partition coefficient (Wildman–Crippen LogP) is 2.27. The largest absolute Gasteiger partial charge is 0.477 e. The van der Waals surface area contributed by atoms with E-state index >= 15 is 0 Å². The molecule has 0 saturated carbocycles. The molecule has 0 fully saturated rings. The van der Waals surface area contributed by atoms with Gasteiger partial charge in [-0.15, -0.1) is 0 Å². The van der Waals surface area contributed by atoms with E-state index in [0.717, 1.165) is 0 Å². The van der Waals surface area contributed by atoms with Crippen LogP contribution in [0.5, 0.6) is 5.88 Å². The van der Waals surface area contributed by atoms with E-state index < -0.39 is 5.97 Å². The first-order valence-corrected chi connectivity index (χ1v) is 5.83. The first-order chi connectivity index (χ1) is 7.91. The molecule has 1 aromatic rings. The zero-order valence-electron chi connectivity index (χ0n) is 10.8. The molecule has 0 bridgehead atoms. The molecule has 5 nitrogen and oxygen atoms in total. The van der Waals surface area contributed by atoms with E-state index in [1.165, 1.54) is 6.20 Å². The lowest BCUT2D eigenvalue weighted by Crippen LogP contribution is -2.14. The summed E-state index contributed by atoms with van der Waals surface area (Å²) in [7, 11) is 0. The van der Waals surface area contributed by atoms with Gasteiger partial charge in [-0.05, 0) is 11.8 Å². The zero-order valence-corrected chi connectivity index (χ0v) is 10.8. The van der Waals surface area contributed by atoms with E-state index in [1.807, 2.05) is 27.7 Å². The van der Waals surface area contributed by atoms with Crippen molar-refractivity contribution in [2.75, 3.05) is 6.61 Å². The maximum absolute atomic E-state index is 11.0. The Bertz CT molecular complexity index is 383. The molecule has 0 aromatic carbocycles. The van der Waals surface area contributed by atoms with E-state index in [1.54, 1.807) is 4.68 Å². The Labute approximate surface area is 101 Å². The molecule has 5 heteroatoms. The fourth-order valence-electron chi connectivity index (χ4n) is 1.39. The Morgan fingerprint density at radius 2 is 2.06 bits per heavy atom. The summed E-state index contributed by atoms with van der Waals surface area (Å²) in [4.78, 5) is 11.0. The van der Waals surface area contributed by atoms with E-state index in [2.05, 4.69) is 5.10 Å². The SMILES string of the molecule is CC(C)COc1c(C(=O)O)cnn1CC(C)C. The molecule has 1 rings (SSSR count). The van der Waals surface area contributed by atoms with Gasteiger partial charge in [0.1, 0.15) is 5.56 Å². The van der Waals surface area contributed by atoms with E-state index in [4.69, 9.17) is 9.84 Å². The van der Waals surface area contributed by atoms with Crippen molar-refractivity contribution in [3.63, 3.8) is 0 Å². The fraction of sp³-hybridized carbons (Fsp3) is 0.667. The van der Waals surface area contributed by atoms with Gasteiger partial charge < -0.3 is 9.84 Å². The number of ether oxygens (including phenoxy) is 1. The van der Waals surface area contributed by atoms with Gasteiger partial charge in [0, 0.05) is 6.54 Å². The van der Waals surface area contributed by atoms with Crippen LogP contribution in [0.1, 0.15) is 38.1 Å². The van der Waals surface area contributed by atoms with Crippen LogP contribution in [0.4, 0.5) is 0 Å². The van der Waals surface area contributed by atoms with Gasteiger partial charge in [0.15, 0.2) is 0 Å². The van der Waals surface area contributed by atoms with Crippen LogP contribution in [0.3, 0.4) is 0 Å². The molecule has 1 aromatic heterocycles. The molecule has 0 unspecified atom stereocenters. The standard InChI is InChI=1S/C12H20N2O3/c1-8(2)6-14-11(17-7-9(3)4)10(5-13-14)12(15)16/h5,8-9H,6-7H2,1-4H3,(H,15,16). The first-order valence-electron chi connectivity index (χ1n) is 5.83. The van der Waals surface area contributed by atoms with Crippen LogP contribution in [0.25, 0.3) is 0 Å². The minimum atomic E-state index is -1.00. The molecule has 0 saturated heterocycles. The van der Waals surface area contributed by atoms with E-state index in [9.17, 15) is 4.79 Å². The number of aromatic nitrogens is 2. The van der Waals surface area contributed by atoms with Gasteiger partial charge in [-0.3, -0.25) is 0 Å². The van der Waals surface area contributed by atoms with Gasteiger partial charge in [-0.25, -0.2) is 9.48 Å². The molecule has 0 atom stereocenters. The van der Waals surface area contributed by atoms with Crippen LogP contribution >= 0.6 is 0 Å². The third-order valence-corrected chi connectivity index (χ3v) is 2.11. The second kappa shape index (κ2) is 5.70. The normalized spacial score (nSPS) is 11.2. The van der Waals surface area contributed by atoms with Crippen molar-refractivity contribution in [2.45, 2.75) is 34.2 Å². The lowest BCUT2D eigenvalue weighted by molar-refractivity contribution is 0.0690. The van der Waals surface area contributed by atoms with Crippen LogP contribution in [-0.2, 0) is 6.54 Å². The van der Waals surface area contributed by atoms with Crippen LogP contribution in [-0.4, -0.2) is 27.5 Å². The quantitative estimate of drug-likeness (QED) is 0.828. The first kappa shape index (κ1) is 13.5. The zero-order chi connectivity index (χ0) is 13.0. The molecule has 1 N–H and O–H groups in total. The van der Waals surface area contributed by atoms with Crippen molar-refractivity contribution < 1.29 is 14.6 Å². The average Bonchev–Trinajstić information content (AvgIpc) is 2.57. The summed E-state index contributed by atoms with van der Waals surface area (Å²) < 4.78 is 7.17. The summed E-state index contributed by atoms with van der Waals surface area (Å²) in [6.45, 7) is 9.28. The number of rotatable bonds is 6. The second-order valence-electron chi connectivity index (χ2n) is 4.95. The van der Waals surface area contributed by atoms with Crippen molar-refractivity contribution >= 4 is 5.97 Å². The molecular formula is C12H20N2O3. The summed E-state index contributed by atoms with van der Waals surface area (Å²) >= 11 is 0. The molecule has 0 spiro atoms. The Morgan fingerprint density at radius 3 is 2.53 bits per heavy atom. The van der Waals surface area contributed by atoms with Gasteiger partial charge in [-0.2, -0.15) is 5.10 Å². The predicted molar refractivity (Wildman–Crippen MR) is 64.4 cm³/mol. The van der Waals surface area contributed by atoms with Crippen molar-refractivity contribution in [3.05, 3.63) is 11.8 Å². The summed E-state index contributed by atoms with van der Waals surface area (Å²) in [5, 5.41) is 13.1. The summed E-state index contributed by atoms with van der Waals surface area (Å²) in [5.74, 6) is 0.0932. The monoisotopic (exact) mass is 240 g/mol. The number of aromatic carboxylic acids is 1. The average molecular weight is 240 g/mol. The van der Waals surface area contributed by atoms with E-state index in [0.29, 0.717) is 30.9 Å². The summed E-state index contributed by atoms with van der Waals surface area (Å²) in [5.41, 5.74) is 0.131. The molecule has 1 heterocycles. The minimum Gasteiger partial charge on any atom is -0.477 e. The number of hydrogen-bond donors (Lipinski definition) is 1. The number of carboxylic acids is 1. The van der Waals surface area contributed by atoms with Crippen molar-refractivity contribution in [2.24, 2.45) is 11.8 Å². The topological polar surface area (TPSA) is 64.3 Å². The summed E-state index contributed by atoms with van der Waals surface area (Å²) in [6, 6.07) is 0. The number of hydrogen-bond acceptors (Lipinski definition) is 3. The lowest BCUT2D eigenvalue weighted by atomic mass is 10.2. The lowest BCUT2D eigenvalue weighted by Gasteiger charge is -2.13. The van der Waals surface area contributed by atoms with Crippen LogP contribution in [0, 0.1) is 11.8 Å². The highest BCUT2D eigenvalue weighted by Crippen LogP contribution is 2.20. The van der Waals surface area contributed by atoms with E-state index in [-0.39, 0.29) is 5.56 Å². The Morgan fingerprint density at radius 1 is 1.41 bits per heavy atom. The maximum atomic E-state index is 11.0. The Hall–Kier alpha value is -1.52. The highest BCUT2D eigenvalue weighted by molar-refractivity contribution is 5.89. The Kier molecular flexibility index (Phi) is 4.54. The highest BCUT2D eigenvalue weighted by Gasteiger charge is 2.19. The highest BCUT2D eigenvalue weighted by atomic mass is 16.5. The fourth-order valence-corrected chi connectivity index (χ4v) is 1.39. The number of nitrogens with zero attached hydrogens (tertiary/aromatic N) is 2. The second-order valence-corrected chi connectivity index (χ2v) is 4.95. The molecule has 0 amide bonds. The smallest absolute Gasteiger partial charge is 0.342 e. The Balaban J connectivity index is 2.93. The summed E-state index contributed by atoms with van der Waals surface area (Å²) in [6.07, 6.45) is 1.35. The van der Waals surface area contributed by atoms with Crippen molar-refractivity contribution in [1.82, 2.24) is 9.78 Å². The van der Waals surface area contributed by atoms with Crippen molar-refractivity contribution in [1.29, 1.82) is 0 Å².